The van der Waals surface area contributed by atoms with Crippen molar-refractivity contribution >= 4 is 5.97 Å². The molecule has 7 heteroatoms. The molecule has 0 aromatic rings. The summed E-state index contributed by atoms with van der Waals surface area (Å²) < 4.78 is 9.70. The van der Waals surface area contributed by atoms with E-state index in [1.54, 1.807) is 13.8 Å². The second kappa shape index (κ2) is 7.98. The van der Waals surface area contributed by atoms with Crippen LogP contribution >= 0.6 is 0 Å². The Morgan fingerprint density at radius 2 is 1.87 bits per heavy atom. The van der Waals surface area contributed by atoms with Crippen molar-refractivity contribution in [1.29, 1.82) is 0 Å². The van der Waals surface area contributed by atoms with Crippen molar-refractivity contribution in [3.63, 3.8) is 0 Å². The lowest BCUT2D eigenvalue weighted by atomic mass is 10.2. The minimum atomic E-state index is -0.887. The zero-order chi connectivity index (χ0) is 11.7. The predicted octanol–water partition coefficient (Wildman–Crippen LogP) is 0.411. The monoisotopic (exact) mass is 221 g/mol. The van der Waals surface area contributed by atoms with E-state index in [9.17, 15) is 14.9 Å². The summed E-state index contributed by atoms with van der Waals surface area (Å²) in [5, 5.41) is 8.82. The Hall–Kier alpha value is -1.37. The fraction of sp³-hybridized carbons (Fsp3) is 0.875. The number of carbonyl (C=O) groups is 1. The van der Waals surface area contributed by atoms with E-state index < -0.39 is 5.09 Å². The predicted molar refractivity (Wildman–Crippen MR) is 49.6 cm³/mol. The van der Waals surface area contributed by atoms with E-state index in [0.717, 1.165) is 0 Å². The number of ether oxygens (including phenoxy) is 2. The fourth-order valence-electron chi connectivity index (χ4n) is 0.641. The first-order valence-corrected chi connectivity index (χ1v) is 4.55. The van der Waals surface area contributed by atoms with Gasteiger partial charge in [0, 0.05) is 0 Å². The smallest absolute Gasteiger partial charge is 0.308 e. The largest absolute Gasteiger partial charge is 0.463 e. The lowest BCUT2D eigenvalue weighted by molar-refractivity contribution is -0.758. The summed E-state index contributed by atoms with van der Waals surface area (Å²) in [6.45, 7) is 3.79. The highest BCUT2D eigenvalue weighted by atomic mass is 17.0. The molecule has 0 aliphatic rings. The average Bonchev–Trinajstić information content (AvgIpc) is 2.15. The van der Waals surface area contributed by atoms with E-state index in [4.69, 9.17) is 9.47 Å². The van der Waals surface area contributed by atoms with Crippen molar-refractivity contribution in [3.05, 3.63) is 10.1 Å². The van der Waals surface area contributed by atoms with Gasteiger partial charge in [0.05, 0.1) is 19.1 Å². The first-order chi connectivity index (χ1) is 7.04. The van der Waals surface area contributed by atoms with Crippen LogP contribution in [0.5, 0.6) is 0 Å². The highest BCUT2D eigenvalue weighted by molar-refractivity contribution is 5.71. The Bertz CT molecular complexity index is 205. The maximum atomic E-state index is 10.9. The zero-order valence-electron chi connectivity index (χ0n) is 8.80. The van der Waals surface area contributed by atoms with Crippen molar-refractivity contribution in [1.82, 2.24) is 0 Å². The highest BCUT2D eigenvalue weighted by Gasteiger charge is 2.07. The Morgan fingerprint density at radius 1 is 1.27 bits per heavy atom. The quantitative estimate of drug-likeness (QED) is 0.255. The SMILES string of the molecule is CC(C)C(=O)OCCOCCO[N+](=O)[O-]. The molecule has 0 aromatic heterocycles. The van der Waals surface area contributed by atoms with Crippen LogP contribution in [-0.2, 0) is 19.1 Å². The molecule has 0 saturated carbocycles. The van der Waals surface area contributed by atoms with Crippen LogP contribution in [0.4, 0.5) is 0 Å². The third-order valence-corrected chi connectivity index (χ3v) is 1.37. The minimum absolute atomic E-state index is 0.0974. The molecule has 0 unspecified atom stereocenters. The van der Waals surface area contributed by atoms with Gasteiger partial charge < -0.3 is 14.3 Å². The third kappa shape index (κ3) is 8.95. The molecule has 0 aliphatic carbocycles. The van der Waals surface area contributed by atoms with Gasteiger partial charge in [-0.3, -0.25) is 4.79 Å². The van der Waals surface area contributed by atoms with Gasteiger partial charge in [0.1, 0.15) is 13.2 Å². The van der Waals surface area contributed by atoms with Crippen LogP contribution in [0.1, 0.15) is 13.8 Å². The molecule has 0 radical (unpaired) electrons. The molecule has 0 aromatic carbocycles. The number of esters is 1. The number of nitrogens with zero attached hydrogens (tertiary/aromatic N) is 1. The first kappa shape index (κ1) is 13.6. The molecular weight excluding hydrogens is 206 g/mol. The Kier molecular flexibility index (Phi) is 7.25. The van der Waals surface area contributed by atoms with E-state index >= 15 is 0 Å². The molecule has 0 atom stereocenters. The van der Waals surface area contributed by atoms with Crippen LogP contribution in [0.15, 0.2) is 0 Å². The number of hydrogen-bond donors (Lipinski definition) is 0. The van der Waals surface area contributed by atoms with Crippen molar-refractivity contribution in [3.8, 4) is 0 Å². The third-order valence-electron chi connectivity index (χ3n) is 1.37. The van der Waals surface area contributed by atoms with Crippen LogP contribution in [0, 0.1) is 16.0 Å². The molecule has 0 fully saturated rings. The van der Waals surface area contributed by atoms with Gasteiger partial charge in [-0.2, -0.15) is 0 Å². The molecule has 0 spiro atoms. The van der Waals surface area contributed by atoms with Gasteiger partial charge in [-0.15, -0.1) is 10.1 Å². The van der Waals surface area contributed by atoms with E-state index in [0.29, 0.717) is 0 Å². The molecule has 0 N–H and O–H groups in total. The number of carbonyl (C=O) groups excluding carboxylic acids is 1. The number of rotatable bonds is 8. The maximum Gasteiger partial charge on any atom is 0.308 e. The second-order valence-corrected chi connectivity index (χ2v) is 2.99. The average molecular weight is 221 g/mol. The van der Waals surface area contributed by atoms with Gasteiger partial charge >= 0.3 is 5.97 Å². The van der Waals surface area contributed by atoms with Gasteiger partial charge in [0.25, 0.3) is 5.09 Å². The highest BCUT2D eigenvalue weighted by Crippen LogP contribution is 1.95. The summed E-state index contributed by atoms with van der Waals surface area (Å²) in [6, 6.07) is 0. The van der Waals surface area contributed by atoms with Crippen molar-refractivity contribution in [2.75, 3.05) is 26.4 Å². The molecule has 0 aliphatic heterocycles. The number of hydrogen-bond acceptors (Lipinski definition) is 6. The van der Waals surface area contributed by atoms with Gasteiger partial charge in [-0.1, -0.05) is 13.8 Å². The molecule has 0 rings (SSSR count). The van der Waals surface area contributed by atoms with Gasteiger partial charge in [-0.05, 0) is 0 Å². The normalized spacial score (nSPS) is 10.1. The van der Waals surface area contributed by atoms with E-state index in [1.807, 2.05) is 0 Å². The summed E-state index contributed by atoms with van der Waals surface area (Å²) in [4.78, 5) is 24.6. The standard InChI is InChI=1S/C8H15NO6/c1-7(2)8(10)14-5-3-13-4-6-15-9(11)12/h7H,3-6H2,1-2H3. The molecule has 15 heavy (non-hydrogen) atoms. The van der Waals surface area contributed by atoms with Crippen LogP contribution in [0.3, 0.4) is 0 Å². The van der Waals surface area contributed by atoms with Crippen molar-refractivity contribution in [2.45, 2.75) is 13.8 Å². The topological polar surface area (TPSA) is 87.9 Å². The molecule has 7 nitrogen and oxygen atoms in total. The summed E-state index contributed by atoms with van der Waals surface area (Å²) >= 11 is 0. The molecule has 0 bridgehead atoms. The Balaban J connectivity index is 3.18. The van der Waals surface area contributed by atoms with E-state index in [2.05, 4.69) is 4.84 Å². The van der Waals surface area contributed by atoms with Crippen LogP contribution in [0.2, 0.25) is 0 Å². The minimum Gasteiger partial charge on any atom is -0.463 e. The van der Waals surface area contributed by atoms with Crippen LogP contribution in [0.25, 0.3) is 0 Å². The summed E-state index contributed by atoms with van der Waals surface area (Å²) in [7, 11) is 0. The lowest BCUT2D eigenvalue weighted by Gasteiger charge is -2.07. The van der Waals surface area contributed by atoms with Crippen LogP contribution in [-0.4, -0.2) is 37.5 Å². The lowest BCUT2D eigenvalue weighted by Crippen LogP contribution is -2.16. The molecule has 0 amide bonds. The molecule has 88 valence electrons. The molecule has 0 saturated heterocycles. The molecule has 0 heterocycles. The van der Waals surface area contributed by atoms with Gasteiger partial charge in [0.15, 0.2) is 0 Å². The summed E-state index contributed by atoms with van der Waals surface area (Å²) in [5.41, 5.74) is 0. The molecular formula is C8H15NO6. The van der Waals surface area contributed by atoms with Crippen molar-refractivity contribution in [2.24, 2.45) is 5.92 Å². The van der Waals surface area contributed by atoms with E-state index in [-0.39, 0.29) is 38.3 Å². The maximum absolute atomic E-state index is 10.9. The summed E-state index contributed by atoms with van der Waals surface area (Å²) in [5.74, 6) is -0.456. The fourth-order valence-corrected chi connectivity index (χ4v) is 0.641. The Morgan fingerprint density at radius 3 is 2.40 bits per heavy atom. The summed E-state index contributed by atoms with van der Waals surface area (Å²) in [6.07, 6.45) is 0. The van der Waals surface area contributed by atoms with Gasteiger partial charge in [0.2, 0.25) is 0 Å². The zero-order valence-corrected chi connectivity index (χ0v) is 8.80. The van der Waals surface area contributed by atoms with E-state index in [1.165, 1.54) is 0 Å². The van der Waals surface area contributed by atoms with Gasteiger partial charge in [-0.25, -0.2) is 0 Å². The second-order valence-electron chi connectivity index (χ2n) is 2.99. The first-order valence-electron chi connectivity index (χ1n) is 4.55. The van der Waals surface area contributed by atoms with Crippen molar-refractivity contribution < 1.29 is 24.2 Å². The Labute approximate surface area is 87.4 Å². The van der Waals surface area contributed by atoms with Crippen LogP contribution < -0.4 is 0 Å².